The van der Waals surface area contributed by atoms with Crippen molar-refractivity contribution in [2.24, 2.45) is 0 Å². The molecule has 0 fully saturated rings. The first-order valence-corrected chi connectivity index (χ1v) is 10.1. The fourth-order valence-corrected chi connectivity index (χ4v) is 3.61. The summed E-state index contributed by atoms with van der Waals surface area (Å²) in [7, 11) is 0. The molecule has 0 radical (unpaired) electrons. The summed E-state index contributed by atoms with van der Waals surface area (Å²) in [6, 6.07) is 24.7. The summed E-state index contributed by atoms with van der Waals surface area (Å²) < 4.78 is 5.33. The zero-order valence-electron chi connectivity index (χ0n) is 14.4. The molecule has 5 heteroatoms. The highest BCUT2D eigenvalue weighted by Crippen LogP contribution is 2.21. The number of thiocarbonyl (C=S) groups is 1. The highest BCUT2D eigenvalue weighted by Gasteiger charge is 2.14. The molecule has 0 spiro atoms. The molecule has 0 amide bonds. The van der Waals surface area contributed by atoms with Crippen LogP contribution in [0.3, 0.4) is 0 Å². The van der Waals surface area contributed by atoms with E-state index in [0.29, 0.717) is 5.11 Å². The van der Waals surface area contributed by atoms with Gasteiger partial charge in [0.1, 0.15) is 5.76 Å². The summed E-state index contributed by atoms with van der Waals surface area (Å²) in [6.45, 7) is 0.813. The predicted octanol–water partition coefficient (Wildman–Crippen LogP) is 4.77. The number of rotatable bonds is 8. The topological polar surface area (TPSA) is 37.2 Å². The van der Waals surface area contributed by atoms with Crippen molar-refractivity contribution in [1.29, 1.82) is 0 Å². The van der Waals surface area contributed by atoms with Crippen LogP contribution in [-0.2, 0) is 5.75 Å². The molecule has 0 aliphatic rings. The Labute approximate surface area is 164 Å². The van der Waals surface area contributed by atoms with Gasteiger partial charge in [0, 0.05) is 12.3 Å². The SMILES string of the molecule is S=C(NCCSCc1ccco1)NC(c1ccccc1)c1ccccc1. The van der Waals surface area contributed by atoms with Crippen LogP contribution in [0.1, 0.15) is 22.9 Å². The van der Waals surface area contributed by atoms with E-state index in [0.717, 1.165) is 23.8 Å². The lowest BCUT2D eigenvalue weighted by Gasteiger charge is -2.22. The van der Waals surface area contributed by atoms with Gasteiger partial charge in [-0.1, -0.05) is 60.7 Å². The minimum atomic E-state index is 0.0353. The van der Waals surface area contributed by atoms with Gasteiger partial charge in [-0.05, 0) is 35.5 Å². The molecule has 2 aromatic carbocycles. The van der Waals surface area contributed by atoms with Gasteiger partial charge in [-0.3, -0.25) is 0 Å². The van der Waals surface area contributed by atoms with Gasteiger partial charge >= 0.3 is 0 Å². The Bertz CT molecular complexity index is 737. The predicted molar refractivity (Wildman–Crippen MR) is 113 cm³/mol. The highest BCUT2D eigenvalue weighted by molar-refractivity contribution is 7.98. The van der Waals surface area contributed by atoms with Gasteiger partial charge in [-0.15, -0.1) is 0 Å². The van der Waals surface area contributed by atoms with Gasteiger partial charge in [-0.25, -0.2) is 0 Å². The maximum atomic E-state index is 5.51. The van der Waals surface area contributed by atoms with Crippen LogP contribution in [0.25, 0.3) is 0 Å². The van der Waals surface area contributed by atoms with Crippen molar-refractivity contribution in [3.05, 3.63) is 95.9 Å². The molecular weight excluding hydrogens is 360 g/mol. The van der Waals surface area contributed by atoms with Crippen LogP contribution >= 0.6 is 24.0 Å². The Hall–Kier alpha value is -2.24. The normalized spacial score (nSPS) is 10.7. The molecule has 2 N–H and O–H groups in total. The molecular formula is C21H22N2OS2. The van der Waals surface area contributed by atoms with Gasteiger partial charge in [0.2, 0.25) is 0 Å². The van der Waals surface area contributed by atoms with Gasteiger partial charge in [0.05, 0.1) is 18.1 Å². The Morgan fingerprint density at radius 3 is 2.15 bits per heavy atom. The molecule has 0 saturated heterocycles. The maximum Gasteiger partial charge on any atom is 0.167 e. The van der Waals surface area contributed by atoms with Crippen LogP contribution in [0.4, 0.5) is 0 Å². The first kappa shape index (κ1) is 18.5. The second-order valence-corrected chi connectivity index (χ2v) is 7.30. The molecule has 0 aliphatic carbocycles. The minimum absolute atomic E-state index is 0.0353. The lowest BCUT2D eigenvalue weighted by Crippen LogP contribution is -2.39. The Balaban J connectivity index is 1.51. The molecule has 0 saturated carbocycles. The molecule has 3 aromatic rings. The van der Waals surface area contributed by atoms with E-state index in [4.69, 9.17) is 16.6 Å². The molecule has 0 bridgehead atoms. The largest absolute Gasteiger partial charge is 0.468 e. The van der Waals surface area contributed by atoms with E-state index in [9.17, 15) is 0 Å². The van der Waals surface area contributed by atoms with E-state index in [-0.39, 0.29) is 6.04 Å². The fraction of sp³-hybridized carbons (Fsp3) is 0.190. The zero-order chi connectivity index (χ0) is 18.0. The monoisotopic (exact) mass is 382 g/mol. The van der Waals surface area contributed by atoms with Crippen molar-refractivity contribution in [2.45, 2.75) is 11.8 Å². The molecule has 3 rings (SSSR count). The first-order valence-electron chi connectivity index (χ1n) is 8.57. The van der Waals surface area contributed by atoms with E-state index in [1.807, 2.05) is 36.0 Å². The summed E-state index contributed by atoms with van der Waals surface area (Å²) >= 11 is 7.33. The fourth-order valence-electron chi connectivity index (χ4n) is 2.64. The van der Waals surface area contributed by atoms with Crippen molar-refractivity contribution >= 4 is 29.1 Å². The van der Waals surface area contributed by atoms with E-state index < -0.39 is 0 Å². The lowest BCUT2D eigenvalue weighted by atomic mass is 9.99. The van der Waals surface area contributed by atoms with Crippen molar-refractivity contribution in [3.8, 4) is 0 Å². The van der Waals surface area contributed by atoms with Crippen LogP contribution < -0.4 is 10.6 Å². The Morgan fingerprint density at radius 2 is 1.58 bits per heavy atom. The van der Waals surface area contributed by atoms with Crippen LogP contribution in [0.15, 0.2) is 83.5 Å². The molecule has 0 unspecified atom stereocenters. The van der Waals surface area contributed by atoms with Gasteiger partial charge < -0.3 is 15.1 Å². The van der Waals surface area contributed by atoms with Crippen LogP contribution in [0.2, 0.25) is 0 Å². The van der Waals surface area contributed by atoms with Crippen LogP contribution in [0, 0.1) is 0 Å². The van der Waals surface area contributed by atoms with Crippen molar-refractivity contribution in [3.63, 3.8) is 0 Å². The average Bonchev–Trinajstić information content (AvgIpc) is 3.21. The van der Waals surface area contributed by atoms with Crippen molar-refractivity contribution in [2.75, 3.05) is 12.3 Å². The number of benzene rings is 2. The van der Waals surface area contributed by atoms with Gasteiger partial charge in [0.25, 0.3) is 0 Å². The third-order valence-corrected chi connectivity index (χ3v) is 5.14. The molecule has 0 atom stereocenters. The summed E-state index contributed by atoms with van der Waals surface area (Å²) in [6.07, 6.45) is 1.71. The molecule has 0 aliphatic heterocycles. The highest BCUT2D eigenvalue weighted by atomic mass is 32.2. The molecule has 1 aromatic heterocycles. The number of furan rings is 1. The third kappa shape index (κ3) is 5.64. The second kappa shape index (κ2) is 10.0. The Kier molecular flexibility index (Phi) is 7.16. The summed E-state index contributed by atoms with van der Waals surface area (Å²) in [5, 5.41) is 7.42. The molecule has 3 nitrogen and oxygen atoms in total. The summed E-state index contributed by atoms with van der Waals surface area (Å²) in [4.78, 5) is 0. The number of hydrogen-bond acceptors (Lipinski definition) is 3. The molecule has 1 heterocycles. The summed E-state index contributed by atoms with van der Waals surface area (Å²) in [5.41, 5.74) is 2.38. The number of thioether (sulfide) groups is 1. The van der Waals surface area contributed by atoms with E-state index in [2.05, 4.69) is 59.2 Å². The minimum Gasteiger partial charge on any atom is -0.468 e. The maximum absolute atomic E-state index is 5.51. The second-order valence-electron chi connectivity index (χ2n) is 5.79. The molecule has 26 heavy (non-hydrogen) atoms. The first-order chi connectivity index (χ1) is 12.8. The quantitative estimate of drug-likeness (QED) is 0.434. The third-order valence-electron chi connectivity index (χ3n) is 3.90. The van der Waals surface area contributed by atoms with Gasteiger partial charge in [0.15, 0.2) is 5.11 Å². The van der Waals surface area contributed by atoms with E-state index in [1.54, 1.807) is 6.26 Å². The summed E-state index contributed by atoms with van der Waals surface area (Å²) in [5.74, 6) is 2.85. The smallest absolute Gasteiger partial charge is 0.167 e. The Morgan fingerprint density at radius 1 is 0.923 bits per heavy atom. The molecule has 134 valence electrons. The van der Waals surface area contributed by atoms with E-state index >= 15 is 0 Å². The van der Waals surface area contributed by atoms with Crippen LogP contribution in [-0.4, -0.2) is 17.4 Å². The standard InChI is InChI=1S/C21H22N2OS2/c25-21(22-13-15-26-16-19-12-7-14-24-19)23-20(17-8-3-1-4-9-17)18-10-5-2-6-11-18/h1-12,14,20H,13,15-16H2,(H2,22,23,25). The number of hydrogen-bond donors (Lipinski definition) is 2. The average molecular weight is 383 g/mol. The van der Waals surface area contributed by atoms with Crippen molar-refractivity contribution < 1.29 is 4.42 Å². The zero-order valence-corrected chi connectivity index (χ0v) is 16.1. The van der Waals surface area contributed by atoms with E-state index in [1.165, 1.54) is 11.1 Å². The van der Waals surface area contributed by atoms with Gasteiger partial charge in [-0.2, -0.15) is 11.8 Å². The number of nitrogens with one attached hydrogen (secondary N) is 2. The van der Waals surface area contributed by atoms with Crippen LogP contribution in [0.5, 0.6) is 0 Å². The van der Waals surface area contributed by atoms with Crippen molar-refractivity contribution in [1.82, 2.24) is 10.6 Å². The lowest BCUT2D eigenvalue weighted by molar-refractivity contribution is 0.530.